The minimum Gasteiger partial charge on any atom is -0.494 e. The van der Waals surface area contributed by atoms with Crippen LogP contribution < -0.4 is 15.4 Å². The molecule has 7 heteroatoms. The first-order chi connectivity index (χ1) is 12.0. The minimum atomic E-state index is -0.220. The number of thiazole rings is 1. The Bertz CT molecular complexity index is 711. The van der Waals surface area contributed by atoms with Gasteiger partial charge < -0.3 is 15.4 Å². The van der Waals surface area contributed by atoms with E-state index in [2.05, 4.69) is 15.6 Å². The second-order valence-corrected chi connectivity index (χ2v) is 6.64. The van der Waals surface area contributed by atoms with Crippen LogP contribution in [0.4, 0.5) is 0 Å². The molecule has 134 valence electrons. The SMILES string of the molecule is CCOc1ccc(-c2nc(CC(=O)NCC(=O)NC(C)C)cs2)cc1. The smallest absolute Gasteiger partial charge is 0.239 e. The summed E-state index contributed by atoms with van der Waals surface area (Å²) in [5, 5.41) is 8.04. The Morgan fingerprint density at radius 1 is 1.20 bits per heavy atom. The first-order valence-electron chi connectivity index (χ1n) is 8.21. The molecule has 0 unspecified atom stereocenters. The Morgan fingerprint density at radius 2 is 1.92 bits per heavy atom. The number of carbonyl (C=O) groups is 2. The summed E-state index contributed by atoms with van der Waals surface area (Å²) in [7, 11) is 0. The molecule has 6 nitrogen and oxygen atoms in total. The molecule has 2 amide bonds. The lowest BCUT2D eigenvalue weighted by Crippen LogP contribution is -2.40. The number of carbonyl (C=O) groups excluding carboxylic acids is 2. The maximum atomic E-state index is 11.9. The Balaban J connectivity index is 1.88. The van der Waals surface area contributed by atoms with E-state index < -0.39 is 0 Å². The first kappa shape index (κ1) is 18.9. The summed E-state index contributed by atoms with van der Waals surface area (Å²) in [6, 6.07) is 7.76. The molecule has 0 atom stereocenters. The van der Waals surface area contributed by atoms with E-state index in [1.165, 1.54) is 11.3 Å². The van der Waals surface area contributed by atoms with Gasteiger partial charge in [-0.2, -0.15) is 0 Å². The van der Waals surface area contributed by atoms with E-state index in [1.807, 2.05) is 50.4 Å². The standard InChI is InChI=1S/C18H23N3O3S/c1-4-24-15-7-5-13(6-8-15)18-21-14(11-25-18)9-16(22)19-10-17(23)20-12(2)3/h5-8,11-12H,4,9-10H2,1-3H3,(H,19,22)(H,20,23). The number of benzene rings is 1. The van der Waals surface area contributed by atoms with Gasteiger partial charge in [0.25, 0.3) is 0 Å². The third-order valence-electron chi connectivity index (χ3n) is 3.20. The van der Waals surface area contributed by atoms with Gasteiger partial charge in [-0.3, -0.25) is 9.59 Å². The molecule has 1 heterocycles. The van der Waals surface area contributed by atoms with Crippen LogP contribution in [0.25, 0.3) is 10.6 Å². The normalized spacial score (nSPS) is 10.6. The van der Waals surface area contributed by atoms with E-state index in [1.54, 1.807) is 0 Å². The maximum Gasteiger partial charge on any atom is 0.239 e. The molecule has 0 saturated carbocycles. The molecular weight excluding hydrogens is 338 g/mol. The van der Waals surface area contributed by atoms with Gasteiger partial charge in [-0.05, 0) is 45.0 Å². The van der Waals surface area contributed by atoms with E-state index in [-0.39, 0.29) is 30.8 Å². The van der Waals surface area contributed by atoms with Crippen molar-refractivity contribution < 1.29 is 14.3 Å². The summed E-state index contributed by atoms with van der Waals surface area (Å²) >= 11 is 1.49. The van der Waals surface area contributed by atoms with Crippen LogP contribution in [0, 0.1) is 0 Å². The van der Waals surface area contributed by atoms with Gasteiger partial charge in [0.05, 0.1) is 25.3 Å². The van der Waals surface area contributed by atoms with E-state index in [0.29, 0.717) is 12.3 Å². The Hall–Kier alpha value is -2.41. The van der Waals surface area contributed by atoms with E-state index >= 15 is 0 Å². The van der Waals surface area contributed by atoms with E-state index in [4.69, 9.17) is 4.74 Å². The van der Waals surface area contributed by atoms with Crippen LogP contribution in [0.3, 0.4) is 0 Å². The molecule has 2 N–H and O–H groups in total. The largest absolute Gasteiger partial charge is 0.494 e. The third-order valence-corrected chi connectivity index (χ3v) is 4.14. The zero-order chi connectivity index (χ0) is 18.2. The average molecular weight is 361 g/mol. The minimum absolute atomic E-state index is 0.0209. The van der Waals surface area contributed by atoms with Gasteiger partial charge in [-0.25, -0.2) is 4.98 Å². The van der Waals surface area contributed by atoms with Crippen LogP contribution in [-0.2, 0) is 16.0 Å². The number of hydrogen-bond donors (Lipinski definition) is 2. The molecule has 1 aromatic carbocycles. The van der Waals surface area contributed by atoms with Crippen LogP contribution in [0.2, 0.25) is 0 Å². The fourth-order valence-corrected chi connectivity index (χ4v) is 2.99. The van der Waals surface area contributed by atoms with Crippen molar-refractivity contribution in [3.05, 3.63) is 35.3 Å². The van der Waals surface area contributed by atoms with Crippen LogP contribution in [0.1, 0.15) is 26.5 Å². The number of hydrogen-bond acceptors (Lipinski definition) is 5. The third kappa shape index (κ3) is 6.19. The summed E-state index contributed by atoms with van der Waals surface area (Å²) in [5.74, 6) is 0.404. The summed E-state index contributed by atoms with van der Waals surface area (Å²) in [5.41, 5.74) is 1.67. The summed E-state index contributed by atoms with van der Waals surface area (Å²) in [6.45, 7) is 6.30. The fourth-order valence-electron chi connectivity index (χ4n) is 2.16. The van der Waals surface area contributed by atoms with E-state index in [9.17, 15) is 9.59 Å². The Kier molecular flexibility index (Phi) is 6.94. The van der Waals surface area contributed by atoms with Crippen LogP contribution in [0.5, 0.6) is 5.75 Å². The van der Waals surface area contributed by atoms with Crippen LogP contribution in [-0.4, -0.2) is 36.0 Å². The predicted octanol–water partition coefficient (Wildman–Crippen LogP) is 2.39. The molecule has 0 aliphatic carbocycles. The first-order valence-corrected chi connectivity index (χ1v) is 9.09. The quantitative estimate of drug-likeness (QED) is 0.757. The second kappa shape index (κ2) is 9.17. The van der Waals surface area contributed by atoms with Crippen LogP contribution in [0.15, 0.2) is 29.6 Å². The highest BCUT2D eigenvalue weighted by molar-refractivity contribution is 7.13. The lowest BCUT2D eigenvalue weighted by molar-refractivity contribution is -0.126. The number of amides is 2. The average Bonchev–Trinajstić information content (AvgIpc) is 3.02. The highest BCUT2D eigenvalue weighted by atomic mass is 32.1. The lowest BCUT2D eigenvalue weighted by atomic mass is 10.2. The van der Waals surface area contributed by atoms with Gasteiger partial charge in [0.2, 0.25) is 11.8 Å². The molecule has 0 saturated heterocycles. The molecule has 2 rings (SSSR count). The molecule has 0 aliphatic heterocycles. The highest BCUT2D eigenvalue weighted by Crippen LogP contribution is 2.25. The number of rotatable bonds is 8. The molecule has 25 heavy (non-hydrogen) atoms. The monoisotopic (exact) mass is 361 g/mol. The van der Waals surface area contributed by atoms with Gasteiger partial charge in [-0.1, -0.05) is 0 Å². The molecular formula is C18H23N3O3S. The van der Waals surface area contributed by atoms with Crippen molar-refractivity contribution >= 4 is 23.2 Å². The van der Waals surface area contributed by atoms with Crippen molar-refractivity contribution in [3.8, 4) is 16.3 Å². The number of ether oxygens (including phenoxy) is 1. The van der Waals surface area contributed by atoms with Gasteiger partial charge in [0.1, 0.15) is 10.8 Å². The predicted molar refractivity (Wildman–Crippen MR) is 98.7 cm³/mol. The molecule has 0 fully saturated rings. The van der Waals surface area contributed by atoms with Gasteiger partial charge >= 0.3 is 0 Å². The number of nitrogens with one attached hydrogen (secondary N) is 2. The van der Waals surface area contributed by atoms with Crippen molar-refractivity contribution in [3.63, 3.8) is 0 Å². The number of aromatic nitrogens is 1. The van der Waals surface area contributed by atoms with Gasteiger partial charge in [0.15, 0.2) is 0 Å². The molecule has 0 spiro atoms. The van der Waals surface area contributed by atoms with Gasteiger partial charge in [-0.15, -0.1) is 11.3 Å². The number of nitrogens with zero attached hydrogens (tertiary/aromatic N) is 1. The molecule has 0 aliphatic rings. The van der Waals surface area contributed by atoms with Crippen molar-refractivity contribution in [2.45, 2.75) is 33.2 Å². The summed E-state index contributed by atoms with van der Waals surface area (Å²) in [4.78, 5) is 27.9. The van der Waals surface area contributed by atoms with Crippen molar-refractivity contribution in [2.24, 2.45) is 0 Å². The zero-order valence-corrected chi connectivity index (χ0v) is 15.5. The lowest BCUT2D eigenvalue weighted by Gasteiger charge is -2.08. The zero-order valence-electron chi connectivity index (χ0n) is 14.7. The Morgan fingerprint density at radius 3 is 2.56 bits per heavy atom. The van der Waals surface area contributed by atoms with Crippen molar-refractivity contribution in [2.75, 3.05) is 13.2 Å². The molecule has 2 aromatic rings. The fraction of sp³-hybridized carbons (Fsp3) is 0.389. The molecule has 1 aromatic heterocycles. The summed E-state index contributed by atoms with van der Waals surface area (Å²) < 4.78 is 5.42. The molecule has 0 bridgehead atoms. The maximum absolute atomic E-state index is 11.9. The van der Waals surface area contributed by atoms with E-state index in [0.717, 1.165) is 16.3 Å². The van der Waals surface area contributed by atoms with Crippen molar-refractivity contribution in [1.29, 1.82) is 0 Å². The Labute approximate surface area is 151 Å². The second-order valence-electron chi connectivity index (χ2n) is 5.78. The van der Waals surface area contributed by atoms with Gasteiger partial charge in [0, 0.05) is 17.0 Å². The van der Waals surface area contributed by atoms with Crippen molar-refractivity contribution in [1.82, 2.24) is 15.6 Å². The highest BCUT2D eigenvalue weighted by Gasteiger charge is 2.11. The topological polar surface area (TPSA) is 80.3 Å². The summed E-state index contributed by atoms with van der Waals surface area (Å²) in [6.07, 6.45) is 0.155. The van der Waals surface area contributed by atoms with Crippen LogP contribution >= 0.6 is 11.3 Å². The molecule has 0 radical (unpaired) electrons.